The average Bonchev–Trinajstić information content (AvgIpc) is 2.78. The van der Waals surface area contributed by atoms with Crippen LogP contribution in [0.15, 0.2) is 30.7 Å². The summed E-state index contributed by atoms with van der Waals surface area (Å²) < 4.78 is 36.7. The number of pyridine rings is 2. The van der Waals surface area contributed by atoms with Crippen LogP contribution in [0, 0.1) is 5.21 Å². The van der Waals surface area contributed by atoms with Gasteiger partial charge in [-0.2, -0.15) is 13.2 Å². The van der Waals surface area contributed by atoms with Gasteiger partial charge in [0.25, 0.3) is 5.82 Å². The SMILES string of the molecule is [O-][N+]1(c2ncc(C(F)(F)F)cc2Cl)C=Cc2c1ccnc2Cl. The predicted octanol–water partition coefficient (Wildman–Crippen LogP) is 4.92. The van der Waals surface area contributed by atoms with Gasteiger partial charge >= 0.3 is 6.18 Å². The van der Waals surface area contributed by atoms with E-state index in [4.69, 9.17) is 23.2 Å². The zero-order valence-corrected chi connectivity index (χ0v) is 12.1. The van der Waals surface area contributed by atoms with Crippen LogP contribution in [-0.2, 0) is 6.18 Å². The van der Waals surface area contributed by atoms with E-state index in [1.165, 1.54) is 24.5 Å². The molecule has 1 aliphatic heterocycles. The summed E-state index contributed by atoms with van der Waals surface area (Å²) in [5.74, 6) is -0.271. The van der Waals surface area contributed by atoms with Crippen LogP contribution in [0.1, 0.15) is 11.1 Å². The number of quaternary nitrogens is 1. The molecule has 114 valence electrons. The fourth-order valence-electron chi connectivity index (χ4n) is 2.16. The standard InChI is InChI=1S/C13H6Cl2F3N3O/c14-9-5-7(13(16,17)18)6-20-12(9)21(22)4-2-8-10(21)1-3-19-11(8)15/h1-6H. The Morgan fingerprint density at radius 3 is 2.55 bits per heavy atom. The number of hydrogen-bond acceptors (Lipinski definition) is 3. The molecule has 0 aliphatic carbocycles. The molecule has 3 heterocycles. The molecule has 22 heavy (non-hydrogen) atoms. The van der Waals surface area contributed by atoms with Crippen molar-refractivity contribution >= 4 is 40.8 Å². The van der Waals surface area contributed by atoms with E-state index in [1.54, 1.807) is 0 Å². The number of aromatic nitrogens is 2. The van der Waals surface area contributed by atoms with Crippen molar-refractivity contribution in [3.8, 4) is 0 Å². The molecule has 1 aliphatic rings. The molecule has 2 aromatic rings. The number of alkyl halides is 3. The van der Waals surface area contributed by atoms with Crippen LogP contribution in [0.2, 0.25) is 10.2 Å². The van der Waals surface area contributed by atoms with Gasteiger partial charge in [-0.05, 0) is 6.07 Å². The second-order valence-electron chi connectivity index (χ2n) is 4.54. The van der Waals surface area contributed by atoms with Crippen LogP contribution >= 0.6 is 23.2 Å². The number of fused-ring (bicyclic) bond motifs is 1. The Morgan fingerprint density at radius 1 is 1.18 bits per heavy atom. The molecule has 2 aromatic heterocycles. The van der Waals surface area contributed by atoms with E-state index >= 15 is 0 Å². The molecule has 0 saturated carbocycles. The lowest BCUT2D eigenvalue weighted by molar-refractivity contribution is -0.137. The minimum absolute atomic E-state index is 0.118. The summed E-state index contributed by atoms with van der Waals surface area (Å²) in [4.78, 5) is 7.46. The maximum atomic E-state index is 13.0. The van der Waals surface area contributed by atoms with Crippen molar-refractivity contribution in [2.75, 3.05) is 0 Å². The Balaban J connectivity index is 2.14. The van der Waals surface area contributed by atoms with Gasteiger partial charge in [-0.15, -0.1) is 0 Å². The minimum atomic E-state index is -4.59. The quantitative estimate of drug-likeness (QED) is 0.417. The van der Waals surface area contributed by atoms with E-state index in [1.807, 2.05) is 0 Å². The Hall–Kier alpha value is -1.67. The molecule has 9 heteroatoms. The average molecular weight is 348 g/mol. The first-order chi connectivity index (χ1) is 10.2. The van der Waals surface area contributed by atoms with Crippen molar-refractivity contribution < 1.29 is 13.2 Å². The topological polar surface area (TPSA) is 48.8 Å². The van der Waals surface area contributed by atoms with Crippen molar-refractivity contribution in [1.29, 1.82) is 0 Å². The second-order valence-corrected chi connectivity index (χ2v) is 5.30. The Kier molecular flexibility index (Phi) is 3.41. The van der Waals surface area contributed by atoms with Gasteiger partial charge in [0.1, 0.15) is 16.4 Å². The van der Waals surface area contributed by atoms with E-state index < -0.39 is 16.4 Å². The van der Waals surface area contributed by atoms with Gasteiger partial charge in [0.15, 0.2) is 5.69 Å². The van der Waals surface area contributed by atoms with Crippen LogP contribution in [0.3, 0.4) is 0 Å². The van der Waals surface area contributed by atoms with Gasteiger partial charge in [0.05, 0.1) is 11.1 Å². The number of halogens is 5. The fourth-order valence-corrected chi connectivity index (χ4v) is 2.66. The Morgan fingerprint density at radius 2 is 1.91 bits per heavy atom. The monoisotopic (exact) mass is 347 g/mol. The molecule has 4 nitrogen and oxygen atoms in total. The van der Waals surface area contributed by atoms with Crippen LogP contribution in [0.5, 0.6) is 0 Å². The number of hydrogen-bond donors (Lipinski definition) is 0. The highest BCUT2D eigenvalue weighted by Gasteiger charge is 2.37. The van der Waals surface area contributed by atoms with E-state index in [0.717, 1.165) is 0 Å². The number of nitrogens with zero attached hydrogens (tertiary/aromatic N) is 3. The van der Waals surface area contributed by atoms with Gasteiger partial charge in [0.2, 0.25) is 0 Å². The first-order valence-corrected chi connectivity index (χ1v) is 6.66. The molecule has 0 saturated heterocycles. The Bertz CT molecular complexity index is 795. The van der Waals surface area contributed by atoms with Crippen molar-refractivity contribution in [3.05, 3.63) is 57.2 Å². The lowest BCUT2D eigenvalue weighted by Crippen LogP contribution is -2.30. The minimum Gasteiger partial charge on any atom is -0.616 e. The van der Waals surface area contributed by atoms with Crippen LogP contribution in [0.4, 0.5) is 24.7 Å². The van der Waals surface area contributed by atoms with E-state index in [-0.39, 0.29) is 21.7 Å². The van der Waals surface area contributed by atoms with Crippen molar-refractivity contribution in [1.82, 2.24) is 14.6 Å². The number of hydroxylamine groups is 1. The molecule has 0 radical (unpaired) electrons. The van der Waals surface area contributed by atoms with Crippen LogP contribution in [-0.4, -0.2) is 9.97 Å². The van der Waals surface area contributed by atoms with E-state index in [2.05, 4.69) is 9.97 Å². The van der Waals surface area contributed by atoms with Crippen LogP contribution < -0.4 is 4.65 Å². The molecular formula is C13H6Cl2F3N3O. The summed E-state index contributed by atoms with van der Waals surface area (Å²) in [5, 5.41) is 12.7. The van der Waals surface area contributed by atoms with Gasteiger partial charge in [0, 0.05) is 24.5 Å². The third-order valence-electron chi connectivity index (χ3n) is 3.19. The van der Waals surface area contributed by atoms with Gasteiger partial charge in [-0.3, -0.25) is 4.65 Å². The zero-order valence-electron chi connectivity index (χ0n) is 10.6. The van der Waals surface area contributed by atoms with Crippen molar-refractivity contribution in [3.63, 3.8) is 0 Å². The van der Waals surface area contributed by atoms with Gasteiger partial charge in [-0.25, -0.2) is 9.97 Å². The maximum Gasteiger partial charge on any atom is 0.417 e. The summed E-state index contributed by atoms with van der Waals surface area (Å²) in [7, 11) is 0. The summed E-state index contributed by atoms with van der Waals surface area (Å²) >= 11 is 11.7. The third kappa shape index (κ3) is 2.26. The highest BCUT2D eigenvalue weighted by molar-refractivity contribution is 6.33. The summed E-state index contributed by atoms with van der Waals surface area (Å²) in [6.07, 6.45) is -0.0489. The highest BCUT2D eigenvalue weighted by Crippen LogP contribution is 2.46. The maximum absolute atomic E-state index is 13.0. The molecule has 0 fully saturated rings. The molecule has 0 spiro atoms. The van der Waals surface area contributed by atoms with Crippen molar-refractivity contribution in [2.45, 2.75) is 6.18 Å². The highest BCUT2D eigenvalue weighted by atomic mass is 35.5. The molecule has 1 unspecified atom stereocenters. The van der Waals surface area contributed by atoms with E-state index in [0.29, 0.717) is 17.8 Å². The molecule has 0 N–H and O–H groups in total. The molecule has 3 rings (SSSR count). The molecule has 0 amide bonds. The first-order valence-electron chi connectivity index (χ1n) is 5.91. The van der Waals surface area contributed by atoms with Crippen LogP contribution in [0.25, 0.3) is 6.08 Å². The third-order valence-corrected chi connectivity index (χ3v) is 3.77. The predicted molar refractivity (Wildman–Crippen MR) is 77.4 cm³/mol. The zero-order chi connectivity index (χ0) is 16.1. The fraction of sp³-hybridized carbons (Fsp3) is 0.0769. The molecule has 0 bridgehead atoms. The normalized spacial score (nSPS) is 20.3. The Labute approximate surface area is 132 Å². The largest absolute Gasteiger partial charge is 0.616 e. The summed E-state index contributed by atoms with van der Waals surface area (Å²) in [6, 6.07) is 2.10. The number of rotatable bonds is 1. The van der Waals surface area contributed by atoms with Gasteiger partial charge in [-0.1, -0.05) is 23.2 Å². The summed E-state index contributed by atoms with van der Waals surface area (Å²) in [5.41, 5.74) is -0.449. The lowest BCUT2D eigenvalue weighted by atomic mass is 10.2. The molecule has 0 aromatic carbocycles. The van der Waals surface area contributed by atoms with Gasteiger partial charge < -0.3 is 5.21 Å². The first kappa shape index (κ1) is 15.2. The van der Waals surface area contributed by atoms with E-state index in [9.17, 15) is 18.4 Å². The summed E-state index contributed by atoms with van der Waals surface area (Å²) in [6.45, 7) is 0. The smallest absolute Gasteiger partial charge is 0.417 e. The molecule has 1 atom stereocenters. The second kappa shape index (κ2) is 4.92. The molecular weight excluding hydrogens is 342 g/mol. The van der Waals surface area contributed by atoms with Crippen molar-refractivity contribution in [2.24, 2.45) is 0 Å². The lowest BCUT2D eigenvalue weighted by Gasteiger charge is -2.34.